The van der Waals surface area contributed by atoms with E-state index in [0.29, 0.717) is 6.61 Å². The van der Waals surface area contributed by atoms with Crippen LogP contribution in [0.4, 0.5) is 5.69 Å². The van der Waals surface area contributed by atoms with Gasteiger partial charge in [-0.05, 0) is 43.2 Å². The molecule has 0 bridgehead atoms. The third kappa shape index (κ3) is 3.41. The maximum atomic E-state index is 5.51. The van der Waals surface area contributed by atoms with Crippen molar-refractivity contribution in [2.24, 2.45) is 0 Å². The molecule has 4 heteroatoms. The van der Waals surface area contributed by atoms with Gasteiger partial charge in [0, 0.05) is 12.7 Å². The van der Waals surface area contributed by atoms with Crippen LogP contribution >= 0.6 is 0 Å². The van der Waals surface area contributed by atoms with E-state index in [2.05, 4.69) is 17.2 Å². The van der Waals surface area contributed by atoms with E-state index in [0.717, 1.165) is 29.3 Å². The second kappa shape index (κ2) is 6.80. The van der Waals surface area contributed by atoms with Crippen LogP contribution in [0.1, 0.15) is 18.1 Å². The minimum absolute atomic E-state index is 0.628. The van der Waals surface area contributed by atoms with Crippen LogP contribution in [0, 0.1) is 6.92 Å². The van der Waals surface area contributed by atoms with Gasteiger partial charge in [-0.2, -0.15) is 0 Å². The van der Waals surface area contributed by atoms with E-state index in [1.165, 1.54) is 5.56 Å². The topological polar surface area (TPSA) is 43.4 Å². The molecule has 0 aliphatic carbocycles. The number of pyridine rings is 1. The lowest BCUT2D eigenvalue weighted by Crippen LogP contribution is -2.02. The number of rotatable bonds is 6. The summed E-state index contributed by atoms with van der Waals surface area (Å²) in [4.78, 5) is 4.12. The highest BCUT2D eigenvalue weighted by molar-refractivity contribution is 5.49. The molecule has 0 unspecified atom stereocenters. The average molecular weight is 272 g/mol. The first-order chi connectivity index (χ1) is 9.74. The summed E-state index contributed by atoms with van der Waals surface area (Å²) in [6.45, 7) is 5.36. The molecule has 0 atom stereocenters. The van der Waals surface area contributed by atoms with Crippen LogP contribution in [0.2, 0.25) is 0 Å². The van der Waals surface area contributed by atoms with Gasteiger partial charge in [0.1, 0.15) is 0 Å². The van der Waals surface area contributed by atoms with Crippen molar-refractivity contribution in [3.63, 3.8) is 0 Å². The molecule has 0 saturated carbocycles. The third-order valence-corrected chi connectivity index (χ3v) is 3.05. The highest BCUT2D eigenvalue weighted by Crippen LogP contribution is 2.28. The summed E-state index contributed by atoms with van der Waals surface area (Å²) in [5, 5.41) is 3.37. The van der Waals surface area contributed by atoms with E-state index >= 15 is 0 Å². The van der Waals surface area contributed by atoms with Crippen LogP contribution < -0.4 is 14.8 Å². The maximum absolute atomic E-state index is 5.51. The van der Waals surface area contributed by atoms with Crippen molar-refractivity contribution < 1.29 is 9.47 Å². The molecule has 0 radical (unpaired) electrons. The molecule has 2 aromatic rings. The van der Waals surface area contributed by atoms with Gasteiger partial charge in [0.15, 0.2) is 11.5 Å². The summed E-state index contributed by atoms with van der Waals surface area (Å²) in [6, 6.07) is 7.95. The number of aryl methyl sites for hydroxylation is 1. The van der Waals surface area contributed by atoms with Gasteiger partial charge in [-0.1, -0.05) is 6.07 Å². The van der Waals surface area contributed by atoms with E-state index in [1.54, 1.807) is 13.3 Å². The van der Waals surface area contributed by atoms with Crippen LogP contribution in [0.15, 0.2) is 36.7 Å². The van der Waals surface area contributed by atoms with E-state index in [9.17, 15) is 0 Å². The second-order valence-electron chi connectivity index (χ2n) is 4.46. The predicted octanol–water partition coefficient (Wildman–Crippen LogP) is 3.41. The third-order valence-electron chi connectivity index (χ3n) is 3.05. The summed E-state index contributed by atoms with van der Waals surface area (Å²) in [7, 11) is 1.65. The quantitative estimate of drug-likeness (QED) is 0.875. The highest BCUT2D eigenvalue weighted by Gasteiger charge is 2.05. The molecule has 0 saturated heterocycles. The molecular formula is C16H20N2O2. The Labute approximate surface area is 119 Å². The molecule has 0 spiro atoms. The van der Waals surface area contributed by atoms with Crippen molar-refractivity contribution in [2.45, 2.75) is 20.4 Å². The first-order valence-electron chi connectivity index (χ1n) is 6.68. The molecule has 0 aliphatic heterocycles. The zero-order valence-electron chi connectivity index (χ0n) is 12.1. The first kappa shape index (κ1) is 14.2. The van der Waals surface area contributed by atoms with Crippen molar-refractivity contribution in [2.75, 3.05) is 19.0 Å². The fraction of sp³-hybridized carbons (Fsp3) is 0.312. The summed E-state index contributed by atoms with van der Waals surface area (Å²) in [5.41, 5.74) is 3.35. The monoisotopic (exact) mass is 272 g/mol. The molecule has 106 valence electrons. The Morgan fingerprint density at radius 2 is 2.05 bits per heavy atom. The predicted molar refractivity (Wildman–Crippen MR) is 80.5 cm³/mol. The average Bonchev–Trinajstić information content (AvgIpc) is 2.48. The van der Waals surface area contributed by atoms with Crippen LogP contribution in [0.5, 0.6) is 11.5 Å². The lowest BCUT2D eigenvalue weighted by Gasteiger charge is -2.12. The molecule has 0 amide bonds. The Bertz CT molecular complexity index is 570. The molecular weight excluding hydrogens is 252 g/mol. The van der Waals surface area contributed by atoms with Gasteiger partial charge < -0.3 is 14.8 Å². The van der Waals surface area contributed by atoms with E-state index < -0.39 is 0 Å². The highest BCUT2D eigenvalue weighted by atomic mass is 16.5. The van der Waals surface area contributed by atoms with Crippen molar-refractivity contribution >= 4 is 5.69 Å². The fourth-order valence-electron chi connectivity index (χ4n) is 1.94. The van der Waals surface area contributed by atoms with Crippen molar-refractivity contribution in [1.29, 1.82) is 0 Å². The van der Waals surface area contributed by atoms with Crippen molar-refractivity contribution in [1.82, 2.24) is 4.98 Å². The van der Waals surface area contributed by atoms with Crippen molar-refractivity contribution in [3.05, 3.63) is 47.8 Å². The maximum Gasteiger partial charge on any atom is 0.161 e. The lowest BCUT2D eigenvalue weighted by molar-refractivity contribution is 0.310. The van der Waals surface area contributed by atoms with Gasteiger partial charge in [-0.25, -0.2) is 0 Å². The number of nitrogens with one attached hydrogen (secondary N) is 1. The molecule has 4 nitrogen and oxygen atoms in total. The summed E-state index contributed by atoms with van der Waals surface area (Å²) in [5.74, 6) is 1.53. The number of methoxy groups -OCH3 is 1. The number of aromatic nitrogens is 1. The fourth-order valence-corrected chi connectivity index (χ4v) is 1.94. The summed E-state index contributed by atoms with van der Waals surface area (Å²) in [6.07, 6.45) is 3.63. The molecule has 2 rings (SSSR count). The second-order valence-corrected chi connectivity index (χ2v) is 4.46. The number of ether oxygens (including phenoxy) is 2. The van der Waals surface area contributed by atoms with Gasteiger partial charge in [-0.15, -0.1) is 0 Å². The number of hydrogen-bond donors (Lipinski definition) is 1. The zero-order valence-corrected chi connectivity index (χ0v) is 12.1. The molecule has 0 aliphatic rings. The van der Waals surface area contributed by atoms with E-state index in [4.69, 9.17) is 9.47 Å². The van der Waals surface area contributed by atoms with Crippen LogP contribution in [-0.4, -0.2) is 18.7 Å². The Hall–Kier alpha value is -2.23. The Kier molecular flexibility index (Phi) is 4.82. The Balaban J connectivity index is 2.08. The summed E-state index contributed by atoms with van der Waals surface area (Å²) < 4.78 is 10.9. The SMILES string of the molecule is CCOc1ccc(CNc2cnccc2C)cc1OC. The number of nitrogens with zero attached hydrogens (tertiary/aromatic N) is 1. The smallest absolute Gasteiger partial charge is 0.161 e. The largest absolute Gasteiger partial charge is 0.493 e. The number of benzene rings is 1. The molecule has 20 heavy (non-hydrogen) atoms. The molecule has 1 aromatic heterocycles. The van der Waals surface area contributed by atoms with Crippen LogP contribution in [0.25, 0.3) is 0 Å². The van der Waals surface area contributed by atoms with E-state index in [-0.39, 0.29) is 0 Å². The standard InChI is InChI=1S/C16H20N2O2/c1-4-20-15-6-5-13(9-16(15)19-3)10-18-14-11-17-8-7-12(14)2/h5-9,11,18H,4,10H2,1-3H3. The minimum atomic E-state index is 0.628. The van der Waals surface area contributed by atoms with Gasteiger partial charge in [0.25, 0.3) is 0 Å². The molecule has 1 heterocycles. The molecule has 1 aromatic carbocycles. The van der Waals surface area contributed by atoms with Crippen LogP contribution in [0.3, 0.4) is 0 Å². The van der Waals surface area contributed by atoms with E-state index in [1.807, 2.05) is 37.4 Å². The molecule has 1 N–H and O–H groups in total. The van der Waals surface area contributed by atoms with Gasteiger partial charge in [0.2, 0.25) is 0 Å². The molecule has 0 fully saturated rings. The number of anilines is 1. The first-order valence-corrected chi connectivity index (χ1v) is 6.68. The Morgan fingerprint density at radius 3 is 2.75 bits per heavy atom. The van der Waals surface area contributed by atoms with Gasteiger partial charge in [-0.3, -0.25) is 4.98 Å². The Morgan fingerprint density at radius 1 is 1.20 bits per heavy atom. The summed E-state index contributed by atoms with van der Waals surface area (Å²) >= 11 is 0. The normalized spacial score (nSPS) is 10.2. The lowest BCUT2D eigenvalue weighted by atomic mass is 10.2. The zero-order chi connectivity index (χ0) is 14.4. The van der Waals surface area contributed by atoms with Gasteiger partial charge in [0.05, 0.1) is 25.6 Å². The van der Waals surface area contributed by atoms with Crippen LogP contribution in [-0.2, 0) is 6.54 Å². The number of hydrogen-bond acceptors (Lipinski definition) is 4. The van der Waals surface area contributed by atoms with Gasteiger partial charge >= 0.3 is 0 Å². The minimum Gasteiger partial charge on any atom is -0.493 e. The van der Waals surface area contributed by atoms with Crippen molar-refractivity contribution in [3.8, 4) is 11.5 Å².